The summed E-state index contributed by atoms with van der Waals surface area (Å²) in [6.07, 6.45) is 1.26. The molecule has 112 valence electrons. The minimum absolute atomic E-state index is 0.122. The molecule has 1 aliphatic heterocycles. The fourth-order valence-corrected chi connectivity index (χ4v) is 2.91. The van der Waals surface area contributed by atoms with Crippen LogP contribution in [0.15, 0.2) is 24.3 Å². The summed E-state index contributed by atoms with van der Waals surface area (Å²) in [5.41, 5.74) is 9.00. The van der Waals surface area contributed by atoms with Gasteiger partial charge in [-0.25, -0.2) is 0 Å². The summed E-state index contributed by atoms with van der Waals surface area (Å²) in [7, 11) is 4.33. The standard InChI is InChI=1S/C17H29N3/c1-13(2)14-5-7-15(8-6-14)17(18)12-20-10-9-16(11-20)19(3)4/h5-8,13,16-17H,9-12,18H2,1-4H3. The van der Waals surface area contributed by atoms with Gasteiger partial charge in [-0.3, -0.25) is 4.90 Å². The molecule has 1 heterocycles. The molecule has 20 heavy (non-hydrogen) atoms. The molecule has 1 saturated heterocycles. The van der Waals surface area contributed by atoms with Gasteiger partial charge in [-0.1, -0.05) is 38.1 Å². The van der Waals surface area contributed by atoms with Crippen molar-refractivity contribution in [1.82, 2.24) is 9.80 Å². The van der Waals surface area contributed by atoms with Gasteiger partial charge in [-0.05, 0) is 44.1 Å². The van der Waals surface area contributed by atoms with Crippen LogP contribution < -0.4 is 5.73 Å². The van der Waals surface area contributed by atoms with Gasteiger partial charge in [0.15, 0.2) is 0 Å². The van der Waals surface area contributed by atoms with E-state index in [1.54, 1.807) is 0 Å². The molecule has 3 nitrogen and oxygen atoms in total. The van der Waals surface area contributed by atoms with Gasteiger partial charge >= 0.3 is 0 Å². The molecule has 0 bridgehead atoms. The molecule has 0 aliphatic carbocycles. The van der Waals surface area contributed by atoms with Crippen molar-refractivity contribution in [3.8, 4) is 0 Å². The van der Waals surface area contributed by atoms with Gasteiger partial charge in [-0.15, -0.1) is 0 Å². The zero-order valence-electron chi connectivity index (χ0n) is 13.3. The van der Waals surface area contributed by atoms with E-state index in [4.69, 9.17) is 5.73 Å². The van der Waals surface area contributed by atoms with Crippen LogP contribution in [0, 0.1) is 0 Å². The highest BCUT2D eigenvalue weighted by Gasteiger charge is 2.25. The van der Waals surface area contributed by atoms with E-state index in [0.717, 1.165) is 13.1 Å². The fraction of sp³-hybridized carbons (Fsp3) is 0.647. The summed E-state index contributed by atoms with van der Waals surface area (Å²) in [5, 5.41) is 0. The number of hydrogen-bond donors (Lipinski definition) is 1. The molecule has 0 spiro atoms. The highest BCUT2D eigenvalue weighted by Crippen LogP contribution is 2.20. The normalized spacial score (nSPS) is 21.9. The zero-order chi connectivity index (χ0) is 14.7. The van der Waals surface area contributed by atoms with E-state index in [1.807, 2.05) is 0 Å². The number of likely N-dealkylation sites (tertiary alicyclic amines) is 1. The number of benzene rings is 1. The number of rotatable bonds is 5. The van der Waals surface area contributed by atoms with Crippen molar-refractivity contribution >= 4 is 0 Å². The van der Waals surface area contributed by atoms with Gasteiger partial charge in [0, 0.05) is 25.2 Å². The van der Waals surface area contributed by atoms with E-state index in [2.05, 4.69) is 62.0 Å². The van der Waals surface area contributed by atoms with Crippen molar-refractivity contribution in [2.24, 2.45) is 5.73 Å². The summed E-state index contributed by atoms with van der Waals surface area (Å²) in [5.74, 6) is 0.583. The van der Waals surface area contributed by atoms with Crippen molar-refractivity contribution in [3.63, 3.8) is 0 Å². The van der Waals surface area contributed by atoms with Crippen LogP contribution in [0.3, 0.4) is 0 Å². The number of likely N-dealkylation sites (N-methyl/N-ethyl adjacent to an activating group) is 1. The number of nitrogens with two attached hydrogens (primary N) is 1. The largest absolute Gasteiger partial charge is 0.323 e. The second-order valence-corrected chi connectivity index (χ2v) is 6.59. The Balaban J connectivity index is 1.90. The van der Waals surface area contributed by atoms with Crippen LogP contribution in [0.4, 0.5) is 0 Å². The van der Waals surface area contributed by atoms with E-state index in [0.29, 0.717) is 12.0 Å². The second kappa shape index (κ2) is 6.70. The molecule has 3 heteroatoms. The fourth-order valence-electron chi connectivity index (χ4n) is 2.91. The molecule has 0 saturated carbocycles. The summed E-state index contributed by atoms with van der Waals surface area (Å²) >= 11 is 0. The van der Waals surface area contributed by atoms with Crippen LogP contribution >= 0.6 is 0 Å². The Morgan fingerprint density at radius 1 is 1.20 bits per heavy atom. The molecule has 0 aromatic heterocycles. The van der Waals surface area contributed by atoms with E-state index in [9.17, 15) is 0 Å². The summed E-state index contributed by atoms with van der Waals surface area (Å²) in [6, 6.07) is 9.63. The molecule has 2 unspecified atom stereocenters. The Kier molecular flexibility index (Phi) is 5.19. The van der Waals surface area contributed by atoms with Gasteiger partial charge in [0.05, 0.1) is 0 Å². The van der Waals surface area contributed by atoms with Crippen LogP contribution in [-0.4, -0.2) is 49.6 Å². The predicted molar refractivity (Wildman–Crippen MR) is 86.0 cm³/mol. The van der Waals surface area contributed by atoms with Crippen molar-refractivity contribution in [1.29, 1.82) is 0 Å². The Morgan fingerprint density at radius 2 is 1.80 bits per heavy atom. The van der Waals surface area contributed by atoms with Crippen molar-refractivity contribution in [2.75, 3.05) is 33.7 Å². The average Bonchev–Trinajstić information content (AvgIpc) is 2.87. The Morgan fingerprint density at radius 3 is 2.30 bits per heavy atom. The molecule has 2 atom stereocenters. The number of hydrogen-bond acceptors (Lipinski definition) is 3. The molecule has 1 aliphatic rings. The highest BCUT2D eigenvalue weighted by atomic mass is 15.2. The first-order valence-corrected chi connectivity index (χ1v) is 7.71. The molecular weight excluding hydrogens is 246 g/mol. The molecular formula is C17H29N3. The number of nitrogens with zero attached hydrogens (tertiary/aromatic N) is 2. The SMILES string of the molecule is CC(C)c1ccc(C(N)CN2CCC(N(C)C)C2)cc1. The van der Waals surface area contributed by atoms with E-state index in [1.165, 1.54) is 24.1 Å². The lowest BCUT2D eigenvalue weighted by Crippen LogP contribution is -2.34. The van der Waals surface area contributed by atoms with Crippen LogP contribution in [0.2, 0.25) is 0 Å². The Bertz CT molecular complexity index is 411. The van der Waals surface area contributed by atoms with Gasteiger partial charge < -0.3 is 10.6 Å². The summed E-state index contributed by atoms with van der Waals surface area (Å²) in [4.78, 5) is 4.81. The van der Waals surface area contributed by atoms with Crippen LogP contribution in [-0.2, 0) is 0 Å². The molecule has 0 radical (unpaired) electrons. The maximum atomic E-state index is 6.37. The highest BCUT2D eigenvalue weighted by molar-refractivity contribution is 5.26. The van der Waals surface area contributed by atoms with Crippen molar-refractivity contribution < 1.29 is 0 Å². The Labute approximate surface area is 123 Å². The van der Waals surface area contributed by atoms with Crippen molar-refractivity contribution in [3.05, 3.63) is 35.4 Å². The average molecular weight is 275 g/mol. The van der Waals surface area contributed by atoms with E-state index >= 15 is 0 Å². The van der Waals surface area contributed by atoms with E-state index in [-0.39, 0.29) is 6.04 Å². The molecule has 1 aromatic rings. The lowest BCUT2D eigenvalue weighted by molar-refractivity contribution is 0.260. The van der Waals surface area contributed by atoms with Crippen LogP contribution in [0.25, 0.3) is 0 Å². The lowest BCUT2D eigenvalue weighted by atomic mass is 9.99. The first-order valence-electron chi connectivity index (χ1n) is 7.71. The molecule has 1 aromatic carbocycles. The smallest absolute Gasteiger partial charge is 0.0424 e. The second-order valence-electron chi connectivity index (χ2n) is 6.59. The zero-order valence-corrected chi connectivity index (χ0v) is 13.3. The predicted octanol–water partition coefficient (Wildman–Crippen LogP) is 2.45. The molecule has 2 rings (SSSR count). The first kappa shape index (κ1) is 15.5. The topological polar surface area (TPSA) is 32.5 Å². The molecule has 0 amide bonds. The first-order chi connectivity index (χ1) is 9.47. The van der Waals surface area contributed by atoms with E-state index < -0.39 is 0 Å². The third-order valence-corrected chi connectivity index (χ3v) is 4.46. The van der Waals surface area contributed by atoms with Gasteiger partial charge in [0.1, 0.15) is 0 Å². The summed E-state index contributed by atoms with van der Waals surface area (Å²) < 4.78 is 0. The van der Waals surface area contributed by atoms with Gasteiger partial charge in [0.25, 0.3) is 0 Å². The summed E-state index contributed by atoms with van der Waals surface area (Å²) in [6.45, 7) is 7.72. The van der Waals surface area contributed by atoms with Gasteiger partial charge in [0.2, 0.25) is 0 Å². The quantitative estimate of drug-likeness (QED) is 0.896. The minimum Gasteiger partial charge on any atom is -0.323 e. The van der Waals surface area contributed by atoms with Crippen LogP contribution in [0.1, 0.15) is 43.4 Å². The maximum absolute atomic E-state index is 6.37. The monoisotopic (exact) mass is 275 g/mol. The third-order valence-electron chi connectivity index (χ3n) is 4.46. The molecule has 2 N–H and O–H groups in total. The lowest BCUT2D eigenvalue weighted by Gasteiger charge is -2.23. The minimum atomic E-state index is 0.122. The van der Waals surface area contributed by atoms with Crippen molar-refractivity contribution in [2.45, 2.75) is 38.3 Å². The van der Waals surface area contributed by atoms with Crippen LogP contribution in [0.5, 0.6) is 0 Å². The van der Waals surface area contributed by atoms with Gasteiger partial charge in [-0.2, -0.15) is 0 Å². The molecule has 1 fully saturated rings. The Hall–Kier alpha value is -0.900. The third kappa shape index (κ3) is 3.81. The maximum Gasteiger partial charge on any atom is 0.0424 e.